The van der Waals surface area contributed by atoms with Gasteiger partial charge in [-0.2, -0.15) is 0 Å². The first-order valence-corrected chi connectivity index (χ1v) is 11.9. The second-order valence-corrected chi connectivity index (χ2v) is 9.56. The summed E-state index contributed by atoms with van der Waals surface area (Å²) < 4.78 is 43.1. The zero-order valence-electron chi connectivity index (χ0n) is 20.0. The number of nitrogens with one attached hydrogen (secondary N) is 1. The van der Waals surface area contributed by atoms with Crippen molar-refractivity contribution in [1.29, 1.82) is 0 Å². The third-order valence-electron chi connectivity index (χ3n) is 6.70. The summed E-state index contributed by atoms with van der Waals surface area (Å²) in [6, 6.07) is 5.47. The fraction of sp³-hybridized carbons (Fsp3) is 0.115. The van der Waals surface area contributed by atoms with Gasteiger partial charge in [0, 0.05) is 36.6 Å². The zero-order valence-corrected chi connectivity index (χ0v) is 20.8. The monoisotopic (exact) mass is 551 g/mol. The molecule has 5 aromatic rings. The van der Waals surface area contributed by atoms with Crippen molar-refractivity contribution in [3.05, 3.63) is 93.8 Å². The van der Waals surface area contributed by atoms with E-state index in [0.29, 0.717) is 16.9 Å². The van der Waals surface area contributed by atoms with Crippen LogP contribution >= 0.6 is 11.6 Å². The number of phenolic OH excluding ortho intramolecular Hbond substituents is 1. The lowest BCUT2D eigenvalue weighted by atomic mass is 9.77. The normalized spacial score (nSPS) is 16.5. The quantitative estimate of drug-likeness (QED) is 0.302. The third kappa shape index (κ3) is 3.83. The molecule has 2 aromatic carbocycles. The fourth-order valence-electron chi connectivity index (χ4n) is 4.85. The number of nitrogens with two attached hydrogens (primary N) is 1. The summed E-state index contributed by atoms with van der Waals surface area (Å²) in [4.78, 5) is 30.9. The van der Waals surface area contributed by atoms with Crippen molar-refractivity contribution in [3.8, 4) is 17.3 Å². The standard InChI is InChI=1S/C26H17ClF3N7O2/c1-26(14-2-3-15(30)19(27)20(14)38)18-21(31)34-22(35-23(18)36-25(26)39)17-10-37-5-4-32-24(37)16(33-17)8-11-6-12(28)9-13(29)7-11/h2-7,9-10,38H,8H2,1H3,(H3,31,34,35,36,39)/t26-/m1/s1. The molecule has 1 amide bonds. The van der Waals surface area contributed by atoms with E-state index in [9.17, 15) is 23.1 Å². The highest BCUT2D eigenvalue weighted by atomic mass is 35.5. The molecule has 9 nitrogen and oxygen atoms in total. The van der Waals surface area contributed by atoms with Gasteiger partial charge in [-0.05, 0) is 30.7 Å². The minimum absolute atomic E-state index is 0.0239. The van der Waals surface area contributed by atoms with Gasteiger partial charge in [0.2, 0.25) is 5.91 Å². The minimum atomic E-state index is -1.58. The van der Waals surface area contributed by atoms with E-state index in [4.69, 9.17) is 17.3 Å². The van der Waals surface area contributed by atoms with Crippen molar-refractivity contribution < 1.29 is 23.1 Å². The highest BCUT2D eigenvalue weighted by molar-refractivity contribution is 6.32. The molecule has 4 N–H and O–H groups in total. The van der Waals surface area contributed by atoms with E-state index in [2.05, 4.69) is 25.3 Å². The number of nitrogen functional groups attached to an aromatic ring is 1. The van der Waals surface area contributed by atoms with Gasteiger partial charge >= 0.3 is 0 Å². The van der Waals surface area contributed by atoms with Crippen molar-refractivity contribution in [3.63, 3.8) is 0 Å². The van der Waals surface area contributed by atoms with Crippen LogP contribution in [0.2, 0.25) is 5.02 Å². The lowest BCUT2D eigenvalue weighted by molar-refractivity contribution is -0.119. The van der Waals surface area contributed by atoms with E-state index < -0.39 is 39.5 Å². The number of carbonyl (C=O) groups is 1. The summed E-state index contributed by atoms with van der Waals surface area (Å²) in [6.07, 6.45) is 4.86. The van der Waals surface area contributed by atoms with E-state index in [1.807, 2.05) is 0 Å². The van der Waals surface area contributed by atoms with Crippen LogP contribution in [0.4, 0.5) is 24.8 Å². The van der Waals surface area contributed by atoms with Crippen LogP contribution in [0.3, 0.4) is 0 Å². The van der Waals surface area contributed by atoms with E-state index >= 15 is 0 Å². The number of hydrogen-bond donors (Lipinski definition) is 3. The summed E-state index contributed by atoms with van der Waals surface area (Å²) in [5.74, 6) is -3.43. The number of fused-ring (bicyclic) bond motifs is 2. The van der Waals surface area contributed by atoms with Crippen molar-refractivity contribution in [1.82, 2.24) is 24.3 Å². The average Bonchev–Trinajstić information content (AvgIpc) is 3.45. The summed E-state index contributed by atoms with van der Waals surface area (Å²) in [7, 11) is 0. The predicted molar refractivity (Wildman–Crippen MR) is 136 cm³/mol. The van der Waals surface area contributed by atoms with E-state index in [1.165, 1.54) is 25.1 Å². The molecule has 6 rings (SSSR count). The van der Waals surface area contributed by atoms with Gasteiger partial charge in [0.15, 0.2) is 11.5 Å². The maximum Gasteiger partial charge on any atom is 0.240 e. The predicted octanol–water partition coefficient (Wildman–Crippen LogP) is 4.39. The van der Waals surface area contributed by atoms with Gasteiger partial charge in [0.1, 0.15) is 51.0 Å². The van der Waals surface area contributed by atoms with Crippen LogP contribution in [0.25, 0.3) is 17.2 Å². The Morgan fingerprint density at radius 1 is 1.13 bits per heavy atom. The second-order valence-electron chi connectivity index (χ2n) is 9.18. The molecule has 0 saturated heterocycles. The topological polar surface area (TPSA) is 131 Å². The van der Waals surface area contributed by atoms with E-state index in [0.717, 1.165) is 12.1 Å². The summed E-state index contributed by atoms with van der Waals surface area (Å²) in [6.45, 7) is 1.49. The Bertz CT molecular complexity index is 1820. The van der Waals surface area contributed by atoms with Crippen LogP contribution in [0.5, 0.6) is 5.75 Å². The number of halogens is 4. The Kier molecular flexibility index (Phi) is 5.47. The van der Waals surface area contributed by atoms with Crippen LogP contribution < -0.4 is 11.1 Å². The molecular weight excluding hydrogens is 535 g/mol. The first kappa shape index (κ1) is 24.6. The highest BCUT2D eigenvalue weighted by Gasteiger charge is 2.49. The van der Waals surface area contributed by atoms with E-state index in [-0.39, 0.29) is 40.7 Å². The van der Waals surface area contributed by atoms with Crippen molar-refractivity contribution >= 4 is 34.8 Å². The number of hydrogen-bond acceptors (Lipinski definition) is 7. The maximum absolute atomic E-state index is 13.9. The molecule has 0 unspecified atom stereocenters. The number of anilines is 2. The molecule has 0 spiro atoms. The number of phenols is 1. The summed E-state index contributed by atoms with van der Waals surface area (Å²) >= 11 is 5.89. The molecule has 3 aromatic heterocycles. The molecule has 1 atom stereocenters. The molecule has 0 saturated carbocycles. The SMILES string of the molecule is C[C@]1(c2ccc(F)c(Cl)c2O)C(=O)Nc2nc(-c3cn4ccnc4c(Cc4cc(F)cc(F)c4)n3)nc(N)c21. The number of aromatic nitrogens is 5. The largest absolute Gasteiger partial charge is 0.506 e. The van der Waals surface area contributed by atoms with Gasteiger partial charge < -0.3 is 20.6 Å². The van der Waals surface area contributed by atoms with Crippen LogP contribution in [0.1, 0.15) is 29.3 Å². The molecule has 196 valence electrons. The van der Waals surface area contributed by atoms with Crippen molar-refractivity contribution in [2.45, 2.75) is 18.8 Å². The number of carbonyl (C=O) groups excluding carboxylic acids is 1. The fourth-order valence-corrected chi connectivity index (χ4v) is 5.02. The third-order valence-corrected chi connectivity index (χ3v) is 7.06. The molecular formula is C26H17ClF3N7O2. The first-order chi connectivity index (χ1) is 18.6. The number of nitrogens with zero attached hydrogens (tertiary/aromatic N) is 5. The van der Waals surface area contributed by atoms with Crippen molar-refractivity contribution in [2.24, 2.45) is 0 Å². The zero-order chi connectivity index (χ0) is 27.6. The minimum Gasteiger partial charge on any atom is -0.506 e. The van der Waals surface area contributed by atoms with Gasteiger partial charge in [-0.15, -0.1) is 0 Å². The number of amides is 1. The number of aromatic hydroxyl groups is 1. The van der Waals surface area contributed by atoms with Crippen LogP contribution in [0.15, 0.2) is 48.9 Å². The van der Waals surface area contributed by atoms with Gasteiger partial charge in [0.25, 0.3) is 0 Å². The molecule has 0 radical (unpaired) electrons. The molecule has 0 bridgehead atoms. The van der Waals surface area contributed by atoms with Crippen LogP contribution in [0, 0.1) is 17.5 Å². The van der Waals surface area contributed by atoms with Crippen LogP contribution in [-0.2, 0) is 16.6 Å². The van der Waals surface area contributed by atoms with Gasteiger partial charge in [0.05, 0.1) is 11.3 Å². The van der Waals surface area contributed by atoms with E-state index in [1.54, 1.807) is 23.0 Å². The number of imidazole rings is 1. The second kappa shape index (κ2) is 8.67. The Morgan fingerprint density at radius 2 is 1.87 bits per heavy atom. The molecule has 1 aliphatic rings. The van der Waals surface area contributed by atoms with Gasteiger partial charge in [-0.1, -0.05) is 17.7 Å². The maximum atomic E-state index is 13.9. The molecule has 39 heavy (non-hydrogen) atoms. The number of benzene rings is 2. The Labute approximate surface area is 223 Å². The summed E-state index contributed by atoms with van der Waals surface area (Å²) in [5.41, 5.74) is 6.40. The molecule has 4 heterocycles. The average molecular weight is 552 g/mol. The Balaban J connectivity index is 1.47. The number of rotatable bonds is 4. The van der Waals surface area contributed by atoms with Gasteiger partial charge in [-0.25, -0.2) is 33.1 Å². The Hall–Kier alpha value is -4.71. The van der Waals surface area contributed by atoms with Crippen LogP contribution in [-0.4, -0.2) is 35.4 Å². The molecule has 0 aliphatic carbocycles. The summed E-state index contributed by atoms with van der Waals surface area (Å²) in [5, 5.41) is 12.7. The lowest BCUT2D eigenvalue weighted by Gasteiger charge is -2.24. The first-order valence-electron chi connectivity index (χ1n) is 11.5. The highest BCUT2D eigenvalue weighted by Crippen LogP contribution is 2.49. The van der Waals surface area contributed by atoms with Crippen molar-refractivity contribution in [2.75, 3.05) is 11.1 Å². The van der Waals surface area contributed by atoms with Gasteiger partial charge in [-0.3, -0.25) is 4.79 Å². The molecule has 0 fully saturated rings. The molecule has 1 aliphatic heterocycles. The molecule has 13 heteroatoms. The smallest absolute Gasteiger partial charge is 0.240 e. The lowest BCUT2D eigenvalue weighted by Crippen LogP contribution is -2.33. The Morgan fingerprint density at radius 3 is 2.62 bits per heavy atom.